The van der Waals surface area contributed by atoms with Crippen molar-refractivity contribution >= 4 is 17.0 Å². The van der Waals surface area contributed by atoms with E-state index in [1.165, 1.54) is 25.7 Å². The van der Waals surface area contributed by atoms with E-state index in [-0.39, 0.29) is 12.0 Å². The number of hydrogen-bond donors (Lipinski definition) is 1. The van der Waals surface area contributed by atoms with E-state index in [1.54, 1.807) is 7.11 Å². The van der Waals surface area contributed by atoms with Crippen LogP contribution in [0.4, 0.5) is 0 Å². The van der Waals surface area contributed by atoms with Gasteiger partial charge in [0.05, 0.1) is 24.4 Å². The van der Waals surface area contributed by atoms with Crippen LogP contribution in [0.2, 0.25) is 0 Å². The van der Waals surface area contributed by atoms with Crippen LogP contribution in [-0.2, 0) is 4.74 Å². The first-order valence-corrected chi connectivity index (χ1v) is 11.1. The Hall–Kier alpha value is -1.91. The molecule has 4 heteroatoms. The molecular formula is C25H31NO3. The van der Waals surface area contributed by atoms with Crippen molar-refractivity contribution in [3.05, 3.63) is 42.1 Å². The van der Waals surface area contributed by atoms with Crippen LogP contribution in [0.15, 0.2) is 36.4 Å². The molecule has 3 fully saturated rings. The molecule has 0 amide bonds. The molecule has 3 aliphatic rings. The Bertz CT molecular complexity index is 910. The lowest BCUT2D eigenvalue weighted by molar-refractivity contribution is -0.108. The van der Waals surface area contributed by atoms with E-state index in [4.69, 9.17) is 14.5 Å². The molecule has 2 aliphatic carbocycles. The molecule has 0 spiro atoms. The van der Waals surface area contributed by atoms with Gasteiger partial charge in [0.25, 0.3) is 0 Å². The molecule has 1 N–H and O–H groups in total. The van der Waals surface area contributed by atoms with Gasteiger partial charge in [-0.1, -0.05) is 31.4 Å². The first-order chi connectivity index (χ1) is 14.1. The number of aromatic nitrogens is 1. The normalized spacial score (nSPS) is 36.9. The number of hydrogen-bond acceptors (Lipinski definition) is 4. The van der Waals surface area contributed by atoms with Gasteiger partial charge < -0.3 is 14.6 Å². The standard InChI is InChI=1S/C25H31NO3/c1-15-24-21(20-6-4-3-5-16(20)14-22(24)25(27)29-15)11-9-18-8-7-17-13-19(28-2)10-12-23(17)26-18/h7-13,15-16,20-22,24-25,27H,3-6,14H2,1-2H3/t15-,16?,20?,21?,22?,24?,25?/m0/s1. The lowest BCUT2D eigenvalue weighted by atomic mass is 9.57. The highest BCUT2D eigenvalue weighted by molar-refractivity contribution is 5.81. The summed E-state index contributed by atoms with van der Waals surface area (Å²) in [7, 11) is 1.69. The van der Waals surface area contributed by atoms with E-state index in [0.29, 0.717) is 17.8 Å². The van der Waals surface area contributed by atoms with Crippen LogP contribution in [0.25, 0.3) is 17.0 Å². The first kappa shape index (κ1) is 19.1. The molecule has 1 aromatic heterocycles. The number of aliphatic hydroxyl groups is 1. The zero-order valence-corrected chi connectivity index (χ0v) is 17.3. The number of benzene rings is 1. The summed E-state index contributed by atoms with van der Waals surface area (Å²) < 4.78 is 11.2. The summed E-state index contributed by atoms with van der Waals surface area (Å²) in [6.07, 6.45) is 10.5. The molecule has 7 atom stereocenters. The van der Waals surface area contributed by atoms with E-state index >= 15 is 0 Å². The van der Waals surface area contributed by atoms with Crippen LogP contribution < -0.4 is 4.74 Å². The summed E-state index contributed by atoms with van der Waals surface area (Å²) in [5.41, 5.74) is 1.97. The largest absolute Gasteiger partial charge is 0.497 e. The van der Waals surface area contributed by atoms with Crippen LogP contribution in [-0.4, -0.2) is 29.6 Å². The molecule has 2 aromatic rings. The van der Waals surface area contributed by atoms with E-state index in [2.05, 4.69) is 31.2 Å². The Morgan fingerprint density at radius 3 is 2.86 bits per heavy atom. The molecule has 1 aliphatic heterocycles. The van der Waals surface area contributed by atoms with Gasteiger partial charge in [-0.3, -0.25) is 0 Å². The average Bonchev–Trinajstić information content (AvgIpc) is 3.04. The molecule has 2 heterocycles. The topological polar surface area (TPSA) is 51.6 Å². The summed E-state index contributed by atoms with van der Waals surface area (Å²) in [5.74, 6) is 3.43. The number of ether oxygens (including phenoxy) is 2. The van der Waals surface area contributed by atoms with Crippen molar-refractivity contribution in [1.82, 2.24) is 4.98 Å². The Labute approximate surface area is 172 Å². The fourth-order valence-electron chi connectivity index (χ4n) is 6.31. The fourth-order valence-corrected chi connectivity index (χ4v) is 6.31. The third kappa shape index (κ3) is 3.47. The maximum Gasteiger partial charge on any atom is 0.158 e. The summed E-state index contributed by atoms with van der Waals surface area (Å²) in [4.78, 5) is 4.84. The lowest BCUT2D eigenvalue weighted by Crippen LogP contribution is -2.43. The number of allylic oxidation sites excluding steroid dienone is 1. The Kier molecular flexibility index (Phi) is 5.09. The lowest BCUT2D eigenvalue weighted by Gasteiger charge is -2.47. The third-order valence-electron chi connectivity index (χ3n) is 7.65. The molecule has 6 unspecified atom stereocenters. The quantitative estimate of drug-likeness (QED) is 0.793. The maximum absolute atomic E-state index is 10.5. The van der Waals surface area contributed by atoms with Crippen molar-refractivity contribution < 1.29 is 14.6 Å². The number of pyridine rings is 1. The van der Waals surface area contributed by atoms with Crippen LogP contribution >= 0.6 is 0 Å². The highest BCUT2D eigenvalue weighted by Crippen LogP contribution is 2.54. The number of methoxy groups -OCH3 is 1. The zero-order chi connectivity index (χ0) is 20.0. The van der Waals surface area contributed by atoms with Crippen molar-refractivity contribution in [2.24, 2.45) is 29.6 Å². The van der Waals surface area contributed by atoms with Crippen LogP contribution in [0, 0.1) is 29.6 Å². The molecule has 1 aromatic carbocycles. The monoisotopic (exact) mass is 393 g/mol. The zero-order valence-electron chi connectivity index (χ0n) is 17.3. The van der Waals surface area contributed by atoms with Gasteiger partial charge >= 0.3 is 0 Å². The van der Waals surface area contributed by atoms with Gasteiger partial charge in [0.2, 0.25) is 0 Å². The van der Waals surface area contributed by atoms with Gasteiger partial charge in [-0.25, -0.2) is 4.98 Å². The highest BCUT2D eigenvalue weighted by Gasteiger charge is 2.52. The average molecular weight is 394 g/mol. The van der Waals surface area contributed by atoms with Crippen LogP contribution in [0.1, 0.15) is 44.7 Å². The van der Waals surface area contributed by atoms with Gasteiger partial charge in [-0.2, -0.15) is 0 Å². The van der Waals surface area contributed by atoms with Gasteiger partial charge in [0, 0.05) is 11.3 Å². The van der Waals surface area contributed by atoms with E-state index in [0.717, 1.165) is 34.7 Å². The van der Waals surface area contributed by atoms with Gasteiger partial charge in [-0.05, 0) is 73.8 Å². The van der Waals surface area contributed by atoms with Crippen molar-refractivity contribution in [3.63, 3.8) is 0 Å². The fraction of sp³-hybridized carbons (Fsp3) is 0.560. The van der Waals surface area contributed by atoms with Gasteiger partial charge in [0.1, 0.15) is 5.75 Å². The second kappa shape index (κ2) is 7.73. The minimum Gasteiger partial charge on any atom is -0.497 e. The number of fused-ring (bicyclic) bond motifs is 3. The SMILES string of the molecule is COc1ccc2nc(C=CC3C4CCCCC4CC4C(O)O[C@@H](C)C34)ccc2c1. The van der Waals surface area contributed by atoms with Crippen LogP contribution in [0.5, 0.6) is 5.75 Å². The summed E-state index contributed by atoms with van der Waals surface area (Å²) in [5, 5.41) is 11.6. The summed E-state index contributed by atoms with van der Waals surface area (Å²) >= 11 is 0. The Morgan fingerprint density at radius 1 is 1.14 bits per heavy atom. The molecule has 0 radical (unpaired) electrons. The van der Waals surface area contributed by atoms with Crippen molar-refractivity contribution in [2.75, 3.05) is 7.11 Å². The molecule has 1 saturated heterocycles. The molecule has 0 bridgehead atoms. The molecule has 4 nitrogen and oxygen atoms in total. The van der Waals surface area contributed by atoms with E-state index in [9.17, 15) is 5.11 Å². The second-order valence-corrected chi connectivity index (χ2v) is 9.15. The van der Waals surface area contributed by atoms with Gasteiger partial charge in [-0.15, -0.1) is 0 Å². The Balaban J connectivity index is 1.44. The number of nitrogens with zero attached hydrogens (tertiary/aromatic N) is 1. The maximum atomic E-state index is 10.5. The second-order valence-electron chi connectivity index (χ2n) is 9.15. The molecular weight excluding hydrogens is 362 g/mol. The minimum atomic E-state index is -0.595. The predicted molar refractivity (Wildman–Crippen MR) is 114 cm³/mol. The summed E-state index contributed by atoms with van der Waals surface area (Å²) in [6, 6.07) is 10.2. The first-order valence-electron chi connectivity index (χ1n) is 11.1. The minimum absolute atomic E-state index is 0.115. The van der Waals surface area contributed by atoms with Crippen molar-refractivity contribution in [2.45, 2.75) is 51.4 Å². The third-order valence-corrected chi connectivity index (χ3v) is 7.65. The summed E-state index contributed by atoms with van der Waals surface area (Å²) in [6.45, 7) is 2.14. The van der Waals surface area contributed by atoms with Gasteiger partial charge in [0.15, 0.2) is 6.29 Å². The number of rotatable bonds is 3. The van der Waals surface area contributed by atoms with Crippen molar-refractivity contribution in [1.29, 1.82) is 0 Å². The van der Waals surface area contributed by atoms with Crippen molar-refractivity contribution in [3.8, 4) is 5.75 Å². The number of aliphatic hydroxyl groups excluding tert-OH is 1. The molecule has 154 valence electrons. The molecule has 5 rings (SSSR count). The smallest absolute Gasteiger partial charge is 0.158 e. The van der Waals surface area contributed by atoms with E-state index in [1.807, 2.05) is 18.2 Å². The Morgan fingerprint density at radius 2 is 2.00 bits per heavy atom. The van der Waals surface area contributed by atoms with E-state index < -0.39 is 6.29 Å². The molecule has 29 heavy (non-hydrogen) atoms. The highest BCUT2D eigenvalue weighted by atomic mass is 16.6. The van der Waals surface area contributed by atoms with Crippen LogP contribution in [0.3, 0.4) is 0 Å². The predicted octanol–water partition coefficient (Wildman–Crippen LogP) is 5.05. The molecule has 2 saturated carbocycles.